The first-order valence-corrected chi connectivity index (χ1v) is 5.25. The molecule has 0 fully saturated rings. The van der Waals surface area contributed by atoms with Gasteiger partial charge < -0.3 is 5.32 Å². The average molecular weight is 274 g/mol. The summed E-state index contributed by atoms with van der Waals surface area (Å²) in [5, 5.41) is 2.86. The predicted molar refractivity (Wildman–Crippen MR) is 61.8 cm³/mol. The summed E-state index contributed by atoms with van der Waals surface area (Å²) >= 11 is 5.62. The second kappa shape index (κ2) is 4.81. The van der Waals surface area contributed by atoms with Crippen LogP contribution in [0.5, 0.6) is 0 Å². The Morgan fingerprint density at radius 3 is 2.61 bits per heavy atom. The van der Waals surface area contributed by atoms with E-state index in [2.05, 4.69) is 15.3 Å². The SMILES string of the molecule is FC(F)(F)c1cccc(Nc2cncc(Cl)n2)c1. The number of benzene rings is 1. The quantitative estimate of drug-likeness (QED) is 0.902. The fourth-order valence-corrected chi connectivity index (χ4v) is 1.47. The third-order valence-electron chi connectivity index (χ3n) is 2.07. The molecule has 3 nitrogen and oxygen atoms in total. The first-order valence-electron chi connectivity index (χ1n) is 4.87. The van der Waals surface area contributed by atoms with E-state index in [0.29, 0.717) is 0 Å². The molecule has 0 aliphatic rings. The highest BCUT2D eigenvalue weighted by Crippen LogP contribution is 2.31. The van der Waals surface area contributed by atoms with E-state index in [1.807, 2.05) is 0 Å². The molecule has 0 unspecified atom stereocenters. The fraction of sp³-hybridized carbons (Fsp3) is 0.0909. The van der Waals surface area contributed by atoms with Gasteiger partial charge >= 0.3 is 6.18 Å². The van der Waals surface area contributed by atoms with E-state index in [0.717, 1.165) is 12.1 Å². The van der Waals surface area contributed by atoms with Crippen LogP contribution in [0.3, 0.4) is 0 Å². The van der Waals surface area contributed by atoms with Crippen molar-refractivity contribution in [2.75, 3.05) is 5.32 Å². The molecule has 0 atom stereocenters. The third kappa shape index (κ3) is 3.10. The normalized spacial score (nSPS) is 11.3. The van der Waals surface area contributed by atoms with E-state index < -0.39 is 11.7 Å². The van der Waals surface area contributed by atoms with Crippen LogP contribution in [0.1, 0.15) is 5.56 Å². The molecule has 0 aliphatic heterocycles. The van der Waals surface area contributed by atoms with Crippen LogP contribution in [0.15, 0.2) is 36.7 Å². The Kier molecular flexibility index (Phi) is 3.38. The molecular weight excluding hydrogens is 267 g/mol. The van der Waals surface area contributed by atoms with E-state index >= 15 is 0 Å². The van der Waals surface area contributed by atoms with Gasteiger partial charge in [-0.05, 0) is 18.2 Å². The van der Waals surface area contributed by atoms with Gasteiger partial charge in [-0.2, -0.15) is 13.2 Å². The maximum Gasteiger partial charge on any atom is 0.416 e. The number of halogens is 4. The van der Waals surface area contributed by atoms with Crippen molar-refractivity contribution in [3.05, 3.63) is 47.4 Å². The van der Waals surface area contributed by atoms with Gasteiger partial charge in [-0.3, -0.25) is 4.98 Å². The number of nitrogens with one attached hydrogen (secondary N) is 1. The smallest absolute Gasteiger partial charge is 0.339 e. The monoisotopic (exact) mass is 273 g/mol. The van der Waals surface area contributed by atoms with Crippen molar-refractivity contribution in [2.45, 2.75) is 6.18 Å². The summed E-state index contributed by atoms with van der Waals surface area (Å²) in [4.78, 5) is 7.64. The Bertz CT molecular complexity index is 557. The first-order chi connectivity index (χ1) is 8.45. The molecule has 94 valence electrons. The Morgan fingerprint density at radius 1 is 1.17 bits per heavy atom. The molecule has 1 aromatic carbocycles. The molecule has 0 aliphatic carbocycles. The molecule has 0 saturated heterocycles. The Hall–Kier alpha value is -1.82. The van der Waals surface area contributed by atoms with Gasteiger partial charge in [-0.25, -0.2) is 4.98 Å². The van der Waals surface area contributed by atoms with Crippen molar-refractivity contribution in [3.63, 3.8) is 0 Å². The van der Waals surface area contributed by atoms with Gasteiger partial charge in [0.25, 0.3) is 0 Å². The van der Waals surface area contributed by atoms with E-state index in [9.17, 15) is 13.2 Å². The van der Waals surface area contributed by atoms with Crippen LogP contribution < -0.4 is 5.32 Å². The van der Waals surface area contributed by atoms with Gasteiger partial charge in [0, 0.05) is 5.69 Å². The Morgan fingerprint density at radius 2 is 1.94 bits per heavy atom. The van der Waals surface area contributed by atoms with Crippen molar-refractivity contribution in [2.24, 2.45) is 0 Å². The second-order valence-electron chi connectivity index (χ2n) is 3.43. The second-order valence-corrected chi connectivity index (χ2v) is 3.82. The lowest BCUT2D eigenvalue weighted by Crippen LogP contribution is -2.05. The van der Waals surface area contributed by atoms with Crippen LogP contribution in [-0.2, 0) is 6.18 Å². The van der Waals surface area contributed by atoms with Crippen LogP contribution in [-0.4, -0.2) is 9.97 Å². The van der Waals surface area contributed by atoms with Crippen molar-refractivity contribution in [1.29, 1.82) is 0 Å². The van der Waals surface area contributed by atoms with Crippen molar-refractivity contribution >= 4 is 23.1 Å². The zero-order valence-electron chi connectivity index (χ0n) is 8.87. The molecule has 18 heavy (non-hydrogen) atoms. The first kappa shape index (κ1) is 12.6. The number of alkyl halides is 3. The molecule has 0 spiro atoms. The van der Waals surface area contributed by atoms with Crippen LogP contribution in [0, 0.1) is 0 Å². The van der Waals surface area contributed by atoms with Crippen LogP contribution >= 0.6 is 11.6 Å². The Balaban J connectivity index is 2.25. The van der Waals surface area contributed by atoms with Crippen molar-refractivity contribution < 1.29 is 13.2 Å². The summed E-state index contributed by atoms with van der Waals surface area (Å²) < 4.78 is 37.5. The van der Waals surface area contributed by atoms with E-state index in [-0.39, 0.29) is 16.7 Å². The summed E-state index contributed by atoms with van der Waals surface area (Å²) in [5.41, 5.74) is -0.469. The minimum Gasteiger partial charge on any atom is -0.339 e. The van der Waals surface area contributed by atoms with E-state index in [1.54, 1.807) is 0 Å². The summed E-state index contributed by atoms with van der Waals surface area (Å²) in [6.45, 7) is 0. The minimum absolute atomic E-state index is 0.159. The van der Waals surface area contributed by atoms with Gasteiger partial charge in [0.05, 0.1) is 18.0 Å². The van der Waals surface area contributed by atoms with Crippen molar-refractivity contribution in [1.82, 2.24) is 9.97 Å². The van der Waals surface area contributed by atoms with Gasteiger partial charge in [-0.15, -0.1) is 0 Å². The van der Waals surface area contributed by atoms with Crippen LogP contribution in [0.25, 0.3) is 0 Å². The number of rotatable bonds is 2. The predicted octanol–water partition coefficient (Wildman–Crippen LogP) is 3.89. The lowest BCUT2D eigenvalue weighted by Gasteiger charge is -2.09. The van der Waals surface area contributed by atoms with Crippen LogP contribution in [0.4, 0.5) is 24.7 Å². The zero-order chi connectivity index (χ0) is 13.2. The highest BCUT2D eigenvalue weighted by molar-refractivity contribution is 6.29. The van der Waals surface area contributed by atoms with E-state index in [1.165, 1.54) is 24.5 Å². The van der Waals surface area contributed by atoms with Gasteiger partial charge in [0.15, 0.2) is 5.82 Å². The van der Waals surface area contributed by atoms with E-state index in [4.69, 9.17) is 11.6 Å². The molecule has 0 radical (unpaired) electrons. The molecule has 1 N–H and O–H groups in total. The highest BCUT2D eigenvalue weighted by Gasteiger charge is 2.30. The lowest BCUT2D eigenvalue weighted by molar-refractivity contribution is -0.137. The number of aromatic nitrogens is 2. The average Bonchev–Trinajstić information content (AvgIpc) is 2.28. The molecule has 0 bridgehead atoms. The molecule has 7 heteroatoms. The molecule has 0 saturated carbocycles. The number of anilines is 2. The zero-order valence-corrected chi connectivity index (χ0v) is 9.63. The molecule has 1 heterocycles. The Labute approximate surface area is 106 Å². The minimum atomic E-state index is -4.38. The number of hydrogen-bond donors (Lipinski definition) is 1. The van der Waals surface area contributed by atoms with Crippen LogP contribution in [0.2, 0.25) is 5.15 Å². The topological polar surface area (TPSA) is 37.8 Å². The fourth-order valence-electron chi connectivity index (χ4n) is 1.32. The summed E-state index contributed by atoms with van der Waals surface area (Å²) in [5.74, 6) is 0.279. The summed E-state index contributed by atoms with van der Waals surface area (Å²) in [6, 6.07) is 4.79. The van der Waals surface area contributed by atoms with Gasteiger partial charge in [0.2, 0.25) is 0 Å². The molecule has 2 aromatic rings. The highest BCUT2D eigenvalue weighted by atomic mass is 35.5. The third-order valence-corrected chi connectivity index (χ3v) is 2.25. The number of nitrogens with zero attached hydrogens (tertiary/aromatic N) is 2. The summed E-state index contributed by atoms with van der Waals surface area (Å²) in [7, 11) is 0. The standard InChI is InChI=1S/C11H7ClF3N3/c12-9-5-16-6-10(18-9)17-8-3-1-2-7(4-8)11(13,14)15/h1-6H,(H,17,18). The van der Waals surface area contributed by atoms with Gasteiger partial charge in [-0.1, -0.05) is 17.7 Å². The maximum absolute atomic E-state index is 12.5. The molecule has 0 amide bonds. The number of hydrogen-bond acceptors (Lipinski definition) is 3. The van der Waals surface area contributed by atoms with Gasteiger partial charge in [0.1, 0.15) is 5.15 Å². The molecule has 1 aromatic heterocycles. The molecular formula is C11H7ClF3N3. The summed E-state index contributed by atoms with van der Waals surface area (Å²) in [6.07, 6.45) is -1.68. The lowest BCUT2D eigenvalue weighted by atomic mass is 10.2. The maximum atomic E-state index is 12.5. The van der Waals surface area contributed by atoms with Crippen molar-refractivity contribution in [3.8, 4) is 0 Å². The largest absolute Gasteiger partial charge is 0.416 e. The molecule has 2 rings (SSSR count).